The summed E-state index contributed by atoms with van der Waals surface area (Å²) in [5.41, 5.74) is 0. The van der Waals surface area contributed by atoms with Crippen LogP contribution in [0.5, 0.6) is 0 Å². The number of hydrogen-bond donors (Lipinski definition) is 1. The van der Waals surface area contributed by atoms with E-state index >= 15 is 0 Å². The maximum Gasteiger partial charge on any atom is 0.0587 e. The highest BCUT2D eigenvalue weighted by atomic mass is 79.9. The summed E-state index contributed by atoms with van der Waals surface area (Å²) in [5.74, 6) is 0. The standard InChI is InChI=1S/C9H14BrNOS/c1-7(11-3-4-12-2)9-5-8(10)6-13-9/h5-7,11H,3-4H2,1-2H3. The Hall–Kier alpha value is 0.1000. The molecule has 74 valence electrons. The Morgan fingerprint density at radius 2 is 2.46 bits per heavy atom. The summed E-state index contributed by atoms with van der Waals surface area (Å²) in [7, 11) is 1.72. The summed E-state index contributed by atoms with van der Waals surface area (Å²) >= 11 is 5.21. The van der Waals surface area contributed by atoms with Gasteiger partial charge in [-0.25, -0.2) is 0 Å². The van der Waals surface area contributed by atoms with Crippen LogP contribution in [0, 0.1) is 0 Å². The maximum absolute atomic E-state index is 4.96. The minimum atomic E-state index is 0.409. The number of ether oxygens (including phenoxy) is 1. The van der Waals surface area contributed by atoms with Gasteiger partial charge in [0.05, 0.1) is 6.61 Å². The second kappa shape index (κ2) is 5.75. The lowest BCUT2D eigenvalue weighted by Gasteiger charge is -2.10. The van der Waals surface area contributed by atoms with Gasteiger partial charge in [0.25, 0.3) is 0 Å². The first kappa shape index (κ1) is 11.2. The molecular weight excluding hydrogens is 250 g/mol. The predicted octanol–water partition coefficient (Wildman–Crippen LogP) is 2.81. The molecule has 0 aromatic carbocycles. The molecule has 1 unspecified atom stereocenters. The van der Waals surface area contributed by atoms with E-state index in [0.717, 1.165) is 17.6 Å². The van der Waals surface area contributed by atoms with Crippen molar-refractivity contribution in [3.05, 3.63) is 20.8 Å². The van der Waals surface area contributed by atoms with Crippen LogP contribution in [0.15, 0.2) is 15.9 Å². The van der Waals surface area contributed by atoms with Crippen LogP contribution in [0.25, 0.3) is 0 Å². The molecule has 0 bridgehead atoms. The Morgan fingerprint density at radius 3 is 3.00 bits per heavy atom. The second-order valence-corrected chi connectivity index (χ2v) is 4.69. The van der Waals surface area contributed by atoms with E-state index in [0.29, 0.717) is 6.04 Å². The highest BCUT2D eigenvalue weighted by molar-refractivity contribution is 9.10. The van der Waals surface area contributed by atoms with E-state index in [1.54, 1.807) is 18.4 Å². The molecule has 1 N–H and O–H groups in total. The number of methoxy groups -OCH3 is 1. The molecule has 1 aromatic heterocycles. The minimum absolute atomic E-state index is 0.409. The first-order valence-electron chi connectivity index (χ1n) is 4.20. The van der Waals surface area contributed by atoms with Crippen molar-refractivity contribution in [2.24, 2.45) is 0 Å². The molecule has 1 heterocycles. The van der Waals surface area contributed by atoms with Crippen molar-refractivity contribution in [1.82, 2.24) is 5.32 Å². The number of rotatable bonds is 5. The van der Waals surface area contributed by atoms with Crippen molar-refractivity contribution in [1.29, 1.82) is 0 Å². The summed E-state index contributed by atoms with van der Waals surface area (Å²) in [6.07, 6.45) is 0. The lowest BCUT2D eigenvalue weighted by atomic mass is 10.3. The largest absolute Gasteiger partial charge is 0.383 e. The molecule has 4 heteroatoms. The van der Waals surface area contributed by atoms with Crippen molar-refractivity contribution in [3.63, 3.8) is 0 Å². The van der Waals surface area contributed by atoms with E-state index < -0.39 is 0 Å². The van der Waals surface area contributed by atoms with Crippen LogP contribution in [0.4, 0.5) is 0 Å². The van der Waals surface area contributed by atoms with Crippen LogP contribution in [-0.4, -0.2) is 20.3 Å². The molecule has 0 radical (unpaired) electrons. The summed E-state index contributed by atoms with van der Waals surface area (Å²) in [4.78, 5) is 1.35. The van der Waals surface area contributed by atoms with Crippen LogP contribution in [0.2, 0.25) is 0 Å². The van der Waals surface area contributed by atoms with Crippen molar-refractivity contribution in [2.75, 3.05) is 20.3 Å². The highest BCUT2D eigenvalue weighted by Gasteiger charge is 2.06. The maximum atomic E-state index is 4.96. The van der Waals surface area contributed by atoms with Gasteiger partial charge >= 0.3 is 0 Å². The van der Waals surface area contributed by atoms with E-state index in [4.69, 9.17) is 4.74 Å². The molecule has 1 atom stereocenters. The van der Waals surface area contributed by atoms with Crippen LogP contribution in [0.1, 0.15) is 17.8 Å². The summed E-state index contributed by atoms with van der Waals surface area (Å²) in [5, 5.41) is 5.48. The zero-order valence-electron chi connectivity index (χ0n) is 7.84. The number of hydrogen-bond acceptors (Lipinski definition) is 3. The van der Waals surface area contributed by atoms with E-state index in [-0.39, 0.29) is 0 Å². The molecule has 0 aliphatic rings. The van der Waals surface area contributed by atoms with Gasteiger partial charge in [0, 0.05) is 34.4 Å². The smallest absolute Gasteiger partial charge is 0.0587 e. The Balaban J connectivity index is 2.35. The summed E-state index contributed by atoms with van der Waals surface area (Å²) in [6.45, 7) is 3.82. The van der Waals surface area contributed by atoms with E-state index in [9.17, 15) is 0 Å². The van der Waals surface area contributed by atoms with Crippen LogP contribution < -0.4 is 5.32 Å². The van der Waals surface area contributed by atoms with Gasteiger partial charge in [0.15, 0.2) is 0 Å². The quantitative estimate of drug-likeness (QED) is 0.826. The van der Waals surface area contributed by atoms with E-state index in [1.165, 1.54) is 4.88 Å². The molecule has 1 aromatic rings. The van der Waals surface area contributed by atoms with Crippen LogP contribution in [0.3, 0.4) is 0 Å². The molecule has 0 fully saturated rings. The van der Waals surface area contributed by atoms with Gasteiger partial charge < -0.3 is 10.1 Å². The molecule has 0 aliphatic heterocycles. The van der Waals surface area contributed by atoms with Crippen molar-refractivity contribution < 1.29 is 4.74 Å². The number of nitrogens with one attached hydrogen (secondary N) is 1. The van der Waals surface area contributed by atoms with Gasteiger partial charge in [-0.05, 0) is 28.9 Å². The van der Waals surface area contributed by atoms with E-state index in [1.807, 2.05) is 0 Å². The second-order valence-electron chi connectivity index (χ2n) is 2.84. The Labute approximate surface area is 91.4 Å². The molecule has 13 heavy (non-hydrogen) atoms. The first-order chi connectivity index (χ1) is 6.24. The normalized spacial score (nSPS) is 13.2. The van der Waals surface area contributed by atoms with Crippen molar-refractivity contribution >= 4 is 27.3 Å². The van der Waals surface area contributed by atoms with Gasteiger partial charge in [-0.2, -0.15) is 0 Å². The molecular formula is C9H14BrNOS. The number of halogens is 1. The monoisotopic (exact) mass is 263 g/mol. The first-order valence-corrected chi connectivity index (χ1v) is 5.87. The molecule has 0 aliphatic carbocycles. The zero-order chi connectivity index (χ0) is 9.68. The van der Waals surface area contributed by atoms with E-state index in [2.05, 4.69) is 39.6 Å². The molecule has 2 nitrogen and oxygen atoms in total. The van der Waals surface area contributed by atoms with Crippen LogP contribution in [-0.2, 0) is 4.74 Å². The highest BCUT2D eigenvalue weighted by Crippen LogP contribution is 2.24. The fourth-order valence-corrected chi connectivity index (χ4v) is 2.51. The van der Waals surface area contributed by atoms with Crippen molar-refractivity contribution in [3.8, 4) is 0 Å². The fraction of sp³-hybridized carbons (Fsp3) is 0.556. The molecule has 0 saturated heterocycles. The molecule has 0 amide bonds. The van der Waals surface area contributed by atoms with Gasteiger partial charge in [-0.15, -0.1) is 11.3 Å². The average Bonchev–Trinajstić information content (AvgIpc) is 2.52. The Morgan fingerprint density at radius 1 is 1.69 bits per heavy atom. The molecule has 1 rings (SSSR count). The average molecular weight is 264 g/mol. The number of thiophene rings is 1. The third kappa shape index (κ3) is 3.77. The van der Waals surface area contributed by atoms with Crippen LogP contribution >= 0.6 is 27.3 Å². The third-order valence-electron chi connectivity index (χ3n) is 1.77. The minimum Gasteiger partial charge on any atom is -0.383 e. The molecule has 0 saturated carbocycles. The van der Waals surface area contributed by atoms with Gasteiger partial charge in [0.1, 0.15) is 0 Å². The van der Waals surface area contributed by atoms with Gasteiger partial charge in [0.2, 0.25) is 0 Å². The lowest BCUT2D eigenvalue weighted by Crippen LogP contribution is -2.22. The SMILES string of the molecule is COCCNC(C)c1cc(Br)cs1. The fourth-order valence-electron chi connectivity index (χ4n) is 1.03. The van der Waals surface area contributed by atoms with Gasteiger partial charge in [-0.1, -0.05) is 0 Å². The molecule has 0 spiro atoms. The Kier molecular flexibility index (Phi) is 4.94. The summed E-state index contributed by atoms with van der Waals surface area (Å²) < 4.78 is 6.13. The Bertz CT molecular complexity index is 252. The third-order valence-corrected chi connectivity index (χ3v) is 3.65. The topological polar surface area (TPSA) is 21.3 Å². The summed E-state index contributed by atoms with van der Waals surface area (Å²) in [6, 6.07) is 2.56. The predicted molar refractivity (Wildman–Crippen MR) is 60.3 cm³/mol. The van der Waals surface area contributed by atoms with Crippen molar-refractivity contribution in [2.45, 2.75) is 13.0 Å². The lowest BCUT2D eigenvalue weighted by molar-refractivity contribution is 0.196. The zero-order valence-corrected chi connectivity index (χ0v) is 10.2. The van der Waals surface area contributed by atoms with Gasteiger partial charge in [-0.3, -0.25) is 0 Å².